The summed E-state index contributed by atoms with van der Waals surface area (Å²) in [5.41, 5.74) is 7.08. The number of hydrogen-bond acceptors (Lipinski definition) is 3. The van der Waals surface area contributed by atoms with Gasteiger partial charge in [-0.2, -0.15) is 0 Å². The topological polar surface area (TPSA) is 43.1 Å². The second kappa shape index (κ2) is 6.75. The van der Waals surface area contributed by atoms with Crippen LogP contribution in [0.4, 0.5) is 0 Å². The van der Waals surface area contributed by atoms with E-state index in [4.69, 9.17) is 15.0 Å². The fourth-order valence-corrected chi connectivity index (χ4v) is 5.42. The van der Waals surface area contributed by atoms with E-state index in [9.17, 15) is 0 Å². The zero-order valence-corrected chi connectivity index (χ0v) is 20.0. The second-order valence-electron chi connectivity index (χ2n) is 11.5. The lowest BCUT2D eigenvalue weighted by atomic mass is 9.90. The molecule has 4 heteroatoms. The molecular weight excluding hydrogens is 380 g/mol. The molecule has 0 N–H and O–H groups in total. The Morgan fingerprint density at radius 1 is 0.839 bits per heavy atom. The average Bonchev–Trinajstić information content (AvgIpc) is 3.29. The van der Waals surface area contributed by atoms with Crippen LogP contribution in [0, 0.1) is 6.92 Å². The van der Waals surface area contributed by atoms with E-state index in [0.29, 0.717) is 5.92 Å². The number of nitrogens with zero attached hydrogens (tertiary/aromatic N) is 4. The Balaban J connectivity index is 1.95. The maximum atomic E-state index is 5.26. The minimum Gasteiger partial charge on any atom is -0.286 e. The highest BCUT2D eigenvalue weighted by atomic mass is 15.1. The lowest BCUT2D eigenvalue weighted by Gasteiger charge is -2.24. The van der Waals surface area contributed by atoms with E-state index in [0.717, 1.165) is 39.7 Å². The molecule has 3 aromatic rings. The molecule has 2 aromatic heterocycles. The molecule has 2 aliphatic carbocycles. The first-order chi connectivity index (χ1) is 14.5. The van der Waals surface area contributed by atoms with Gasteiger partial charge in [0.15, 0.2) is 0 Å². The van der Waals surface area contributed by atoms with Crippen LogP contribution >= 0.6 is 0 Å². The molecular formula is C27H34N4. The van der Waals surface area contributed by atoms with Gasteiger partial charge in [-0.3, -0.25) is 9.38 Å². The van der Waals surface area contributed by atoms with Gasteiger partial charge in [-0.05, 0) is 67.3 Å². The molecule has 2 bridgehead atoms. The first-order valence-corrected chi connectivity index (χ1v) is 11.6. The van der Waals surface area contributed by atoms with Gasteiger partial charge in [0.2, 0.25) is 0 Å². The first kappa shape index (κ1) is 20.4. The van der Waals surface area contributed by atoms with Crippen LogP contribution in [0.1, 0.15) is 101 Å². The van der Waals surface area contributed by atoms with Crippen molar-refractivity contribution >= 4 is 16.6 Å². The fourth-order valence-electron chi connectivity index (χ4n) is 5.42. The van der Waals surface area contributed by atoms with Crippen LogP contribution in [0.25, 0.3) is 16.6 Å². The molecule has 2 heterocycles. The molecule has 2 atom stereocenters. The van der Waals surface area contributed by atoms with Crippen molar-refractivity contribution in [2.45, 2.75) is 90.4 Å². The van der Waals surface area contributed by atoms with Crippen LogP contribution in [0.15, 0.2) is 30.6 Å². The molecule has 4 nitrogen and oxygen atoms in total. The molecule has 1 aromatic carbocycles. The predicted octanol–water partition coefficient (Wildman–Crippen LogP) is 6.67. The maximum Gasteiger partial charge on any atom is 0.147 e. The summed E-state index contributed by atoms with van der Waals surface area (Å²) in [4.78, 5) is 15.0. The quantitative estimate of drug-likeness (QED) is 0.412. The summed E-state index contributed by atoms with van der Waals surface area (Å²) in [5.74, 6) is 2.48. The number of hydrogen-bond donors (Lipinski definition) is 0. The molecule has 0 radical (unpaired) electrons. The Bertz CT molecular complexity index is 1250. The monoisotopic (exact) mass is 414 g/mol. The first-order valence-electron chi connectivity index (χ1n) is 11.6. The van der Waals surface area contributed by atoms with E-state index in [1.807, 2.05) is 12.4 Å². The van der Waals surface area contributed by atoms with Crippen LogP contribution in [0.3, 0.4) is 0 Å². The standard InChI is InChI=1S/C27H34N4/c1-16-12-23(26(2,3)4)28-10-11-29-24-21-14-19-17-8-9-18(13-17)20(19)15-22(21)30-25(31(16)24)27(5,6)7/h10-12,14-15,17-18H,8-9,13H2,1-7H3. The Labute approximate surface area is 185 Å². The third-order valence-electron chi connectivity index (χ3n) is 7.02. The molecule has 0 aliphatic heterocycles. The number of benzene rings is 1. The van der Waals surface area contributed by atoms with E-state index in [-0.39, 0.29) is 10.8 Å². The number of fused-ring (bicyclic) bond motifs is 8. The highest BCUT2D eigenvalue weighted by Crippen LogP contribution is 2.53. The van der Waals surface area contributed by atoms with E-state index in [1.54, 1.807) is 0 Å². The van der Waals surface area contributed by atoms with Crippen LogP contribution in [-0.4, -0.2) is 19.4 Å². The molecule has 2 aliphatic rings. The Hall–Kier alpha value is -2.49. The molecule has 162 valence electrons. The van der Waals surface area contributed by atoms with Gasteiger partial charge in [0, 0.05) is 40.0 Å². The Kier molecular flexibility index (Phi) is 4.45. The van der Waals surface area contributed by atoms with Crippen molar-refractivity contribution in [3.05, 3.63) is 58.9 Å². The molecule has 2 unspecified atom stereocenters. The Morgan fingerprint density at radius 2 is 1.48 bits per heavy atom. The van der Waals surface area contributed by atoms with Crippen molar-refractivity contribution in [2.24, 2.45) is 0 Å². The van der Waals surface area contributed by atoms with Crippen molar-refractivity contribution in [1.82, 2.24) is 19.4 Å². The van der Waals surface area contributed by atoms with Gasteiger partial charge in [-0.1, -0.05) is 41.5 Å². The molecule has 0 saturated heterocycles. The van der Waals surface area contributed by atoms with E-state index < -0.39 is 0 Å². The van der Waals surface area contributed by atoms with Gasteiger partial charge in [0.05, 0.1) is 5.52 Å². The molecule has 1 fully saturated rings. The summed E-state index contributed by atoms with van der Waals surface area (Å²) < 4.78 is 2.26. The summed E-state index contributed by atoms with van der Waals surface area (Å²) in [6, 6.07) is 6.97. The summed E-state index contributed by atoms with van der Waals surface area (Å²) in [5, 5.41) is 1.15. The van der Waals surface area contributed by atoms with Gasteiger partial charge in [-0.25, -0.2) is 9.97 Å². The molecule has 0 amide bonds. The van der Waals surface area contributed by atoms with Crippen molar-refractivity contribution in [1.29, 1.82) is 0 Å². The average molecular weight is 415 g/mol. The largest absolute Gasteiger partial charge is 0.286 e. The highest BCUT2D eigenvalue weighted by Gasteiger charge is 2.37. The normalized spacial score (nSPS) is 20.4. The predicted molar refractivity (Wildman–Crippen MR) is 127 cm³/mol. The van der Waals surface area contributed by atoms with Gasteiger partial charge in [0.25, 0.3) is 0 Å². The summed E-state index contributed by atoms with van der Waals surface area (Å²) in [6.45, 7) is 15.5. The number of aryl methyl sites for hydroxylation is 1. The summed E-state index contributed by atoms with van der Waals surface area (Å²) in [6.07, 6.45) is 7.64. The van der Waals surface area contributed by atoms with Crippen LogP contribution in [-0.2, 0) is 10.8 Å². The molecule has 5 rings (SSSR count). The Morgan fingerprint density at radius 3 is 2.13 bits per heavy atom. The number of rotatable bonds is 0. The zero-order valence-electron chi connectivity index (χ0n) is 20.0. The van der Waals surface area contributed by atoms with Crippen LogP contribution in [0.2, 0.25) is 0 Å². The zero-order chi connectivity index (χ0) is 22.1. The third kappa shape index (κ3) is 3.31. The molecule has 0 spiro atoms. The fraction of sp³-hybridized carbons (Fsp3) is 0.519. The minimum absolute atomic E-state index is 0.0527. The SMILES string of the molecule is Cc1cc(C(C)(C)C)nccnc2c3cc4c(cc3nc(C(C)(C)C)n12)C1CCC4C1. The molecule has 31 heavy (non-hydrogen) atoms. The van der Waals surface area contributed by atoms with E-state index in [2.05, 4.69) is 71.1 Å². The lowest BCUT2D eigenvalue weighted by molar-refractivity contribution is 0.535. The summed E-state index contributed by atoms with van der Waals surface area (Å²) in [7, 11) is 0. The van der Waals surface area contributed by atoms with Crippen LogP contribution in [0.5, 0.6) is 0 Å². The minimum atomic E-state index is -0.123. The van der Waals surface area contributed by atoms with Crippen LogP contribution < -0.4 is 0 Å². The summed E-state index contributed by atoms with van der Waals surface area (Å²) >= 11 is 0. The lowest BCUT2D eigenvalue weighted by Crippen LogP contribution is -2.21. The maximum absolute atomic E-state index is 5.26. The van der Waals surface area contributed by atoms with Gasteiger partial charge in [0.1, 0.15) is 11.5 Å². The highest BCUT2D eigenvalue weighted by molar-refractivity contribution is 5.93. The van der Waals surface area contributed by atoms with Crippen molar-refractivity contribution in [2.75, 3.05) is 0 Å². The molecule has 1 saturated carbocycles. The third-order valence-corrected chi connectivity index (χ3v) is 7.02. The van der Waals surface area contributed by atoms with Crippen molar-refractivity contribution in [3.63, 3.8) is 0 Å². The van der Waals surface area contributed by atoms with Gasteiger partial charge < -0.3 is 0 Å². The second-order valence-corrected chi connectivity index (χ2v) is 11.5. The van der Waals surface area contributed by atoms with E-state index in [1.165, 1.54) is 30.4 Å². The van der Waals surface area contributed by atoms with Gasteiger partial charge >= 0.3 is 0 Å². The number of aromatic nitrogens is 4. The van der Waals surface area contributed by atoms with Crippen molar-refractivity contribution in [3.8, 4) is 0 Å². The van der Waals surface area contributed by atoms with Gasteiger partial charge in [-0.15, -0.1) is 0 Å². The smallest absolute Gasteiger partial charge is 0.147 e. The van der Waals surface area contributed by atoms with Crippen molar-refractivity contribution < 1.29 is 0 Å². The van der Waals surface area contributed by atoms with E-state index >= 15 is 0 Å².